The molecule has 0 atom stereocenters. The van der Waals surface area contributed by atoms with Gasteiger partial charge in [0, 0.05) is 0 Å². The van der Waals surface area contributed by atoms with Crippen molar-refractivity contribution in [2.24, 2.45) is 5.10 Å². The van der Waals surface area contributed by atoms with Crippen molar-refractivity contribution in [1.29, 1.82) is 0 Å². The molecule has 0 bridgehead atoms. The maximum atomic E-state index is 13.4. The van der Waals surface area contributed by atoms with Crippen LogP contribution in [0.2, 0.25) is 0 Å². The smallest absolute Gasteiger partial charge is 0.266 e. The van der Waals surface area contributed by atoms with E-state index < -0.39 is 0 Å². The molecule has 0 spiro atoms. The SMILES string of the molecule is COc1ccc(-n2c(SCC(=O)N/N=C\c3ccc(OCc4ccccc4)cc3)nc3ccccc3c2=O)cc1. The lowest BCUT2D eigenvalue weighted by atomic mass is 10.2. The Morgan fingerprint density at radius 3 is 2.38 bits per heavy atom. The van der Waals surface area contributed by atoms with Gasteiger partial charge in [-0.1, -0.05) is 54.2 Å². The molecule has 1 aromatic heterocycles. The Kier molecular flexibility index (Phi) is 8.53. The highest BCUT2D eigenvalue weighted by molar-refractivity contribution is 7.99. The number of rotatable bonds is 10. The number of hydrazone groups is 1. The zero-order valence-electron chi connectivity index (χ0n) is 21.7. The highest BCUT2D eigenvalue weighted by Crippen LogP contribution is 2.23. The van der Waals surface area contributed by atoms with Crippen molar-refractivity contribution in [3.05, 3.63) is 125 Å². The van der Waals surface area contributed by atoms with Gasteiger partial charge in [0.25, 0.3) is 11.5 Å². The van der Waals surface area contributed by atoms with Crippen LogP contribution in [0.3, 0.4) is 0 Å². The molecule has 0 radical (unpaired) electrons. The van der Waals surface area contributed by atoms with Gasteiger partial charge in [-0.15, -0.1) is 0 Å². The van der Waals surface area contributed by atoms with Crippen LogP contribution in [0, 0.1) is 0 Å². The lowest BCUT2D eigenvalue weighted by Gasteiger charge is -2.13. The van der Waals surface area contributed by atoms with Crippen LogP contribution in [0.5, 0.6) is 11.5 Å². The van der Waals surface area contributed by atoms with Crippen molar-refractivity contribution in [3.8, 4) is 17.2 Å². The summed E-state index contributed by atoms with van der Waals surface area (Å²) in [5.74, 6) is 1.11. The van der Waals surface area contributed by atoms with E-state index in [2.05, 4.69) is 15.5 Å². The van der Waals surface area contributed by atoms with Gasteiger partial charge in [0.1, 0.15) is 18.1 Å². The molecule has 0 saturated heterocycles. The lowest BCUT2D eigenvalue weighted by Crippen LogP contribution is -2.24. The monoisotopic (exact) mass is 550 g/mol. The molecular weight excluding hydrogens is 524 g/mol. The molecule has 9 heteroatoms. The van der Waals surface area contributed by atoms with Crippen LogP contribution in [-0.2, 0) is 11.4 Å². The average Bonchev–Trinajstić information content (AvgIpc) is 3.00. The van der Waals surface area contributed by atoms with Crippen LogP contribution < -0.4 is 20.5 Å². The maximum absolute atomic E-state index is 13.4. The number of benzene rings is 4. The number of hydrogen-bond acceptors (Lipinski definition) is 7. The number of ether oxygens (including phenoxy) is 2. The summed E-state index contributed by atoms with van der Waals surface area (Å²) >= 11 is 1.16. The first-order chi connectivity index (χ1) is 19.6. The second-order valence-electron chi connectivity index (χ2n) is 8.68. The summed E-state index contributed by atoms with van der Waals surface area (Å²) < 4.78 is 12.5. The van der Waals surface area contributed by atoms with Crippen LogP contribution >= 0.6 is 11.8 Å². The summed E-state index contributed by atoms with van der Waals surface area (Å²) in [5.41, 5.74) is 5.41. The highest BCUT2D eigenvalue weighted by Gasteiger charge is 2.15. The highest BCUT2D eigenvalue weighted by atomic mass is 32.2. The van der Waals surface area contributed by atoms with Crippen LogP contribution in [0.1, 0.15) is 11.1 Å². The van der Waals surface area contributed by atoms with E-state index >= 15 is 0 Å². The molecule has 0 aliphatic carbocycles. The van der Waals surface area contributed by atoms with Gasteiger partial charge >= 0.3 is 0 Å². The van der Waals surface area contributed by atoms with Crippen LogP contribution in [-0.4, -0.2) is 34.5 Å². The summed E-state index contributed by atoms with van der Waals surface area (Å²) in [7, 11) is 1.58. The molecule has 0 saturated carbocycles. The largest absolute Gasteiger partial charge is 0.497 e. The molecule has 5 aromatic rings. The van der Waals surface area contributed by atoms with E-state index in [1.165, 1.54) is 4.57 Å². The number of aromatic nitrogens is 2. The van der Waals surface area contributed by atoms with E-state index in [9.17, 15) is 9.59 Å². The fraction of sp³-hybridized carbons (Fsp3) is 0.0968. The molecule has 0 aliphatic rings. The van der Waals surface area contributed by atoms with E-state index in [0.717, 1.165) is 28.6 Å². The van der Waals surface area contributed by atoms with Gasteiger partial charge in [0.15, 0.2) is 5.16 Å². The summed E-state index contributed by atoms with van der Waals surface area (Å²) in [4.78, 5) is 30.6. The molecule has 1 N–H and O–H groups in total. The predicted octanol–water partition coefficient (Wildman–Crippen LogP) is 5.22. The number of carbonyl (C=O) groups is 1. The van der Waals surface area contributed by atoms with E-state index in [1.54, 1.807) is 55.8 Å². The van der Waals surface area contributed by atoms with Gasteiger partial charge in [-0.25, -0.2) is 10.4 Å². The fourth-order valence-corrected chi connectivity index (χ4v) is 4.71. The first-order valence-electron chi connectivity index (χ1n) is 12.5. The summed E-state index contributed by atoms with van der Waals surface area (Å²) in [6.07, 6.45) is 1.56. The standard InChI is InChI=1S/C31H26N4O4S/c1-38-25-17-13-24(14-18-25)35-30(37)27-9-5-6-10-28(27)33-31(35)40-21-29(36)34-32-19-22-11-15-26(16-12-22)39-20-23-7-3-2-4-8-23/h2-19H,20-21H2,1H3,(H,34,36)/b32-19-. The van der Waals surface area contributed by atoms with Crippen LogP contribution in [0.15, 0.2) is 118 Å². The van der Waals surface area contributed by atoms with Crippen molar-refractivity contribution in [1.82, 2.24) is 15.0 Å². The number of nitrogens with one attached hydrogen (secondary N) is 1. The maximum Gasteiger partial charge on any atom is 0.266 e. The normalized spacial score (nSPS) is 11.0. The third-order valence-corrected chi connectivity index (χ3v) is 6.88. The molecule has 40 heavy (non-hydrogen) atoms. The minimum Gasteiger partial charge on any atom is -0.497 e. The number of thioether (sulfide) groups is 1. The van der Waals surface area contributed by atoms with Crippen LogP contribution in [0.4, 0.5) is 0 Å². The molecule has 4 aromatic carbocycles. The number of para-hydroxylation sites is 1. The van der Waals surface area contributed by atoms with E-state index in [-0.39, 0.29) is 17.2 Å². The first kappa shape index (κ1) is 26.7. The van der Waals surface area contributed by atoms with E-state index in [1.807, 2.05) is 60.7 Å². The van der Waals surface area contributed by atoms with Crippen molar-refractivity contribution in [2.45, 2.75) is 11.8 Å². The van der Waals surface area contributed by atoms with Crippen molar-refractivity contribution < 1.29 is 14.3 Å². The van der Waals surface area contributed by atoms with Gasteiger partial charge in [-0.05, 0) is 71.8 Å². The van der Waals surface area contributed by atoms with Gasteiger partial charge in [-0.3, -0.25) is 14.2 Å². The molecule has 8 nitrogen and oxygen atoms in total. The van der Waals surface area contributed by atoms with E-state index in [4.69, 9.17) is 9.47 Å². The van der Waals surface area contributed by atoms with Gasteiger partial charge in [0.05, 0.1) is 35.7 Å². The second-order valence-corrected chi connectivity index (χ2v) is 9.62. The Hall–Kier alpha value is -4.89. The minimum absolute atomic E-state index is 0.0184. The zero-order chi connectivity index (χ0) is 27.7. The number of hydrogen-bond donors (Lipinski definition) is 1. The van der Waals surface area contributed by atoms with Crippen molar-refractivity contribution in [2.75, 3.05) is 12.9 Å². The lowest BCUT2D eigenvalue weighted by molar-refractivity contribution is -0.118. The topological polar surface area (TPSA) is 94.8 Å². The Balaban J connectivity index is 1.22. The molecule has 5 rings (SSSR count). The Labute approximate surface area is 235 Å². The van der Waals surface area contributed by atoms with Gasteiger partial charge in [-0.2, -0.15) is 5.10 Å². The predicted molar refractivity (Wildman–Crippen MR) is 158 cm³/mol. The number of nitrogens with zero attached hydrogens (tertiary/aromatic N) is 3. The Morgan fingerprint density at radius 2 is 1.62 bits per heavy atom. The number of carbonyl (C=O) groups excluding carboxylic acids is 1. The number of amides is 1. The molecular formula is C31H26N4O4S. The summed E-state index contributed by atoms with van der Waals surface area (Å²) in [6.45, 7) is 0.486. The first-order valence-corrected chi connectivity index (χ1v) is 13.5. The van der Waals surface area contributed by atoms with Crippen LogP contribution in [0.25, 0.3) is 16.6 Å². The molecule has 0 fully saturated rings. The molecule has 0 unspecified atom stereocenters. The molecule has 200 valence electrons. The number of fused-ring (bicyclic) bond motifs is 1. The minimum atomic E-state index is -0.326. The Morgan fingerprint density at radius 1 is 0.925 bits per heavy atom. The zero-order valence-corrected chi connectivity index (χ0v) is 22.5. The van der Waals surface area contributed by atoms with Crippen molar-refractivity contribution >= 4 is 34.8 Å². The molecule has 1 amide bonds. The van der Waals surface area contributed by atoms with E-state index in [0.29, 0.717) is 34.1 Å². The molecule has 1 heterocycles. The average molecular weight is 551 g/mol. The molecule has 0 aliphatic heterocycles. The van der Waals surface area contributed by atoms with Gasteiger partial charge in [0.2, 0.25) is 0 Å². The second kappa shape index (κ2) is 12.8. The third-order valence-electron chi connectivity index (χ3n) is 5.94. The van der Waals surface area contributed by atoms with Crippen molar-refractivity contribution in [3.63, 3.8) is 0 Å². The fourth-order valence-electron chi connectivity index (χ4n) is 3.90. The summed E-state index contributed by atoms with van der Waals surface area (Å²) in [5, 5.41) is 4.96. The quantitative estimate of drug-likeness (QED) is 0.111. The third kappa shape index (κ3) is 6.57. The number of methoxy groups -OCH3 is 1. The Bertz CT molecular complexity index is 1690. The summed E-state index contributed by atoms with van der Waals surface area (Å²) in [6, 6.07) is 31.6. The van der Waals surface area contributed by atoms with Gasteiger partial charge < -0.3 is 9.47 Å².